The van der Waals surface area contributed by atoms with Gasteiger partial charge < -0.3 is 32.1 Å². The summed E-state index contributed by atoms with van der Waals surface area (Å²) < 4.78 is 33.8. The summed E-state index contributed by atoms with van der Waals surface area (Å²) in [5.41, 5.74) is -2.19. The number of carboxylic acids is 2. The number of carbonyl (C=O) groups excluding carboxylic acids is 2. The van der Waals surface area contributed by atoms with Gasteiger partial charge in [-0.15, -0.1) is 0 Å². The van der Waals surface area contributed by atoms with E-state index in [9.17, 15) is 32.8 Å². The number of quaternary nitrogens is 2. The van der Waals surface area contributed by atoms with Gasteiger partial charge >= 0.3 is 0 Å². The molecule has 0 aliphatic rings. The molecule has 9 nitrogen and oxygen atoms in total. The monoisotopic (exact) mass is 681 g/mol. The summed E-state index contributed by atoms with van der Waals surface area (Å²) in [5, 5.41) is 21.7. The van der Waals surface area contributed by atoms with Gasteiger partial charge in [0.2, 0.25) is 0 Å². The van der Waals surface area contributed by atoms with Gasteiger partial charge in [-0.3, -0.25) is 4.55 Å². The van der Waals surface area contributed by atoms with E-state index in [4.69, 9.17) is 0 Å². The molecule has 9 N–H and O–H groups in total. The average Bonchev–Trinajstić information content (AvgIpc) is 2.96. The first kappa shape index (κ1) is 49.2. The zero-order valence-corrected chi connectivity index (χ0v) is 31.4. The van der Waals surface area contributed by atoms with Gasteiger partial charge in [0.05, 0.1) is 5.97 Å². The molecule has 0 aromatic rings. The molecule has 0 saturated carbocycles. The molecule has 0 radical (unpaired) electrons. The predicted octanol–water partition coefficient (Wildman–Crippen LogP) is 9.22. The van der Waals surface area contributed by atoms with E-state index in [2.05, 4.69) is 13.8 Å². The average molecular weight is 681 g/mol. The van der Waals surface area contributed by atoms with Crippen molar-refractivity contribution in [1.29, 1.82) is 0 Å². The molecule has 10 heteroatoms. The number of carbonyl (C=O) groups is 2. The fourth-order valence-corrected chi connectivity index (χ4v) is 7.75. The van der Waals surface area contributed by atoms with E-state index in [-0.39, 0.29) is 25.1 Å². The van der Waals surface area contributed by atoms with Crippen LogP contribution in [0.5, 0.6) is 0 Å². The Hall–Kier alpha value is -1.23. The van der Waals surface area contributed by atoms with Gasteiger partial charge in [0.1, 0.15) is 5.25 Å². The van der Waals surface area contributed by atoms with Crippen molar-refractivity contribution in [2.75, 3.05) is 0 Å². The largest absolute Gasteiger partial charge is 0.549 e. The number of carboxylic acid groups (broad SMARTS) is 2. The second kappa shape index (κ2) is 32.3. The molecular formula is C36H76N2O7S. The molecule has 0 aliphatic heterocycles. The van der Waals surface area contributed by atoms with Gasteiger partial charge in [0, 0.05) is 11.4 Å². The zero-order valence-electron chi connectivity index (χ0n) is 30.6. The summed E-state index contributed by atoms with van der Waals surface area (Å²) in [6, 6.07) is 0. The Balaban J connectivity index is -0.00000924. The van der Waals surface area contributed by atoms with E-state index in [0.717, 1.165) is 38.5 Å². The van der Waals surface area contributed by atoms with Crippen LogP contribution < -0.4 is 22.5 Å². The molecule has 0 aromatic carbocycles. The Morgan fingerprint density at radius 2 is 0.717 bits per heavy atom. The highest BCUT2D eigenvalue weighted by Crippen LogP contribution is 2.38. The molecule has 0 spiro atoms. The molecule has 0 fully saturated rings. The number of rotatable bonds is 34. The van der Waals surface area contributed by atoms with Crippen LogP contribution in [0.15, 0.2) is 0 Å². The SMILES string of the molecule is CCCCCCCCCCCCCCCCC(CCCCCCCCCCCCCCCC)(C(=O)[O-])C(C(=O)[O-])S(=O)(=O)O.[NH4+].[NH4+]. The highest BCUT2D eigenvalue weighted by molar-refractivity contribution is 7.87. The summed E-state index contributed by atoms with van der Waals surface area (Å²) >= 11 is 0. The zero-order chi connectivity index (χ0) is 32.9. The fraction of sp³-hybridized carbons (Fsp3) is 0.944. The van der Waals surface area contributed by atoms with Crippen molar-refractivity contribution >= 4 is 22.1 Å². The quantitative estimate of drug-likeness (QED) is 0.0442. The van der Waals surface area contributed by atoms with Gasteiger partial charge in [-0.1, -0.05) is 194 Å². The van der Waals surface area contributed by atoms with Crippen LogP contribution in [-0.4, -0.2) is 30.2 Å². The standard InChI is InChI=1S/C36H70O7S.2H3N/c1-3-5-7-9-11-13-15-17-19-21-23-25-27-29-31-36(35(39)40,33(34(37)38)44(41,42)43)32-30-28-26-24-22-20-18-16-14-12-10-8-6-4-2;;/h33H,3-32H2,1-2H3,(H,37,38)(H,39,40)(H,41,42,43);2*1H3. The summed E-state index contributed by atoms with van der Waals surface area (Å²) in [5.74, 6) is -3.80. The van der Waals surface area contributed by atoms with Crippen LogP contribution in [-0.2, 0) is 19.7 Å². The van der Waals surface area contributed by atoms with Gasteiger partial charge in [0.15, 0.2) is 0 Å². The van der Waals surface area contributed by atoms with Crippen molar-refractivity contribution in [3.63, 3.8) is 0 Å². The third kappa shape index (κ3) is 24.9. The highest BCUT2D eigenvalue weighted by atomic mass is 32.2. The second-order valence-corrected chi connectivity index (χ2v) is 14.9. The lowest BCUT2D eigenvalue weighted by Gasteiger charge is -2.40. The van der Waals surface area contributed by atoms with Crippen LogP contribution in [0.4, 0.5) is 0 Å². The van der Waals surface area contributed by atoms with Crippen LogP contribution >= 0.6 is 0 Å². The maximum Gasteiger partial charge on any atom is 0.274 e. The van der Waals surface area contributed by atoms with Gasteiger partial charge in [-0.05, 0) is 12.8 Å². The lowest BCUT2D eigenvalue weighted by Crippen LogP contribution is -2.59. The minimum atomic E-state index is -5.19. The Morgan fingerprint density at radius 1 is 0.500 bits per heavy atom. The van der Waals surface area contributed by atoms with Crippen molar-refractivity contribution in [1.82, 2.24) is 12.3 Å². The molecule has 0 bridgehead atoms. The number of unbranched alkanes of at least 4 members (excludes halogenated alkanes) is 26. The maximum atomic E-state index is 12.4. The third-order valence-electron chi connectivity index (χ3n) is 9.37. The van der Waals surface area contributed by atoms with Crippen molar-refractivity contribution in [2.45, 2.75) is 212 Å². The molecule has 278 valence electrons. The van der Waals surface area contributed by atoms with Gasteiger partial charge in [-0.2, -0.15) is 8.42 Å². The number of hydrogen-bond acceptors (Lipinski definition) is 6. The summed E-state index contributed by atoms with van der Waals surface area (Å²) in [6.07, 6.45) is 30.8. The van der Waals surface area contributed by atoms with Crippen LogP contribution in [0.3, 0.4) is 0 Å². The van der Waals surface area contributed by atoms with Crippen LogP contribution in [0, 0.1) is 5.41 Å². The molecule has 1 atom stereocenters. The smallest absolute Gasteiger partial charge is 0.274 e. The fourth-order valence-electron chi connectivity index (χ4n) is 6.60. The predicted molar refractivity (Wildman–Crippen MR) is 190 cm³/mol. The molecular weight excluding hydrogens is 604 g/mol. The Kier molecular flexibility index (Phi) is 34.5. The highest BCUT2D eigenvalue weighted by Gasteiger charge is 2.47. The number of hydrogen-bond donors (Lipinski definition) is 3. The molecule has 0 heterocycles. The van der Waals surface area contributed by atoms with Gasteiger partial charge in [-0.25, -0.2) is 0 Å². The first-order valence-corrected chi connectivity index (χ1v) is 20.0. The van der Waals surface area contributed by atoms with Gasteiger partial charge in [0.25, 0.3) is 10.1 Å². The van der Waals surface area contributed by atoms with Crippen LogP contribution in [0.25, 0.3) is 0 Å². The van der Waals surface area contributed by atoms with E-state index >= 15 is 0 Å². The van der Waals surface area contributed by atoms with E-state index < -0.39 is 32.7 Å². The summed E-state index contributed by atoms with van der Waals surface area (Å²) in [6.45, 7) is 4.45. The normalized spacial score (nSPS) is 12.3. The van der Waals surface area contributed by atoms with Crippen molar-refractivity contribution < 1.29 is 32.8 Å². The molecule has 1 unspecified atom stereocenters. The molecule has 0 saturated heterocycles. The summed E-state index contributed by atoms with van der Waals surface area (Å²) in [7, 11) is -5.19. The van der Waals surface area contributed by atoms with E-state index in [1.54, 1.807) is 0 Å². The third-order valence-corrected chi connectivity index (χ3v) is 10.6. The van der Waals surface area contributed by atoms with E-state index in [1.165, 1.54) is 116 Å². The maximum absolute atomic E-state index is 12.4. The minimum Gasteiger partial charge on any atom is -0.549 e. The van der Waals surface area contributed by atoms with Crippen molar-refractivity contribution in [3.8, 4) is 0 Å². The minimum absolute atomic E-state index is 0. The lowest BCUT2D eigenvalue weighted by atomic mass is 9.74. The Morgan fingerprint density at radius 3 is 0.891 bits per heavy atom. The second-order valence-electron chi connectivity index (χ2n) is 13.4. The molecule has 46 heavy (non-hydrogen) atoms. The van der Waals surface area contributed by atoms with Crippen molar-refractivity contribution in [2.24, 2.45) is 5.41 Å². The van der Waals surface area contributed by atoms with E-state index in [0.29, 0.717) is 25.7 Å². The first-order chi connectivity index (χ1) is 21.1. The summed E-state index contributed by atoms with van der Waals surface area (Å²) in [4.78, 5) is 24.2. The molecule has 0 aliphatic carbocycles. The Bertz CT molecular complexity index is 776. The van der Waals surface area contributed by atoms with E-state index in [1.807, 2.05) is 0 Å². The Labute approximate surface area is 283 Å². The first-order valence-electron chi connectivity index (χ1n) is 18.5. The molecule has 0 aromatic heterocycles. The topological polar surface area (TPSA) is 208 Å². The number of aliphatic carboxylic acids is 2. The van der Waals surface area contributed by atoms with Crippen LogP contribution in [0.2, 0.25) is 0 Å². The lowest BCUT2D eigenvalue weighted by molar-refractivity contribution is -0.328. The molecule has 0 rings (SSSR count). The van der Waals surface area contributed by atoms with Crippen molar-refractivity contribution in [3.05, 3.63) is 0 Å². The van der Waals surface area contributed by atoms with Crippen LogP contribution in [0.1, 0.15) is 206 Å². The molecule has 0 amide bonds.